The molecule has 0 radical (unpaired) electrons. The fourth-order valence-corrected chi connectivity index (χ4v) is 5.11. The summed E-state index contributed by atoms with van der Waals surface area (Å²) >= 11 is 6.30. The van der Waals surface area contributed by atoms with Crippen molar-refractivity contribution in [1.29, 1.82) is 0 Å². The van der Waals surface area contributed by atoms with Crippen LogP contribution in [0.3, 0.4) is 0 Å². The van der Waals surface area contributed by atoms with E-state index in [0.29, 0.717) is 11.8 Å². The van der Waals surface area contributed by atoms with E-state index in [4.69, 9.17) is 11.6 Å². The quantitative estimate of drug-likeness (QED) is 0.461. The van der Waals surface area contributed by atoms with E-state index in [1.165, 1.54) is 16.3 Å². The predicted octanol–water partition coefficient (Wildman–Crippen LogP) is 6.26. The van der Waals surface area contributed by atoms with Crippen LogP contribution in [0.4, 0.5) is 5.69 Å². The molecule has 0 saturated heterocycles. The number of fused-ring (bicyclic) bond motifs is 4. The number of rotatable bonds is 1. The maximum absolute atomic E-state index is 12.8. The minimum absolute atomic E-state index is 0.0160. The molecule has 1 aliphatic carbocycles. The molecule has 1 amide bonds. The normalized spacial score (nSPS) is 23.3. The fourth-order valence-electron chi connectivity index (χ4n) is 4.93. The number of hydrogen-bond acceptors (Lipinski definition) is 1. The largest absolute Gasteiger partial charge is 0.305 e. The van der Waals surface area contributed by atoms with Crippen LogP contribution in [0.5, 0.6) is 0 Å². The molecule has 5 rings (SSSR count). The van der Waals surface area contributed by atoms with Gasteiger partial charge in [-0.2, -0.15) is 0 Å². The summed E-state index contributed by atoms with van der Waals surface area (Å²) in [5.74, 6) is 0.686. The molecular formula is C24H20ClNO. The van der Waals surface area contributed by atoms with Gasteiger partial charge in [0, 0.05) is 23.6 Å². The van der Waals surface area contributed by atoms with Crippen LogP contribution in [0.15, 0.2) is 72.8 Å². The van der Waals surface area contributed by atoms with Gasteiger partial charge < -0.3 is 4.90 Å². The first-order chi connectivity index (χ1) is 13.1. The molecule has 3 atom stereocenters. The van der Waals surface area contributed by atoms with Gasteiger partial charge in [0.2, 0.25) is 5.91 Å². The van der Waals surface area contributed by atoms with E-state index in [2.05, 4.69) is 54.6 Å². The Labute approximate surface area is 164 Å². The topological polar surface area (TPSA) is 20.3 Å². The van der Waals surface area contributed by atoms with Crippen LogP contribution in [0.25, 0.3) is 10.8 Å². The van der Waals surface area contributed by atoms with Gasteiger partial charge >= 0.3 is 0 Å². The van der Waals surface area contributed by atoms with Crippen molar-refractivity contribution in [2.75, 3.05) is 4.90 Å². The summed E-state index contributed by atoms with van der Waals surface area (Å²) in [7, 11) is 0. The molecule has 3 aromatic carbocycles. The number of carbonyl (C=O) groups is 1. The van der Waals surface area contributed by atoms with Crippen molar-refractivity contribution >= 4 is 34.0 Å². The molecule has 0 unspecified atom stereocenters. The van der Waals surface area contributed by atoms with Crippen molar-refractivity contribution in [1.82, 2.24) is 0 Å². The number of anilines is 1. The smallest absolute Gasteiger partial charge is 0.224 e. The zero-order valence-corrected chi connectivity index (χ0v) is 15.9. The molecule has 0 aromatic heterocycles. The molecule has 0 fully saturated rings. The van der Waals surface area contributed by atoms with Crippen LogP contribution >= 0.6 is 11.6 Å². The Balaban J connectivity index is 1.78. The highest BCUT2D eigenvalue weighted by molar-refractivity contribution is 6.30. The van der Waals surface area contributed by atoms with Gasteiger partial charge in [0.15, 0.2) is 0 Å². The molecule has 0 bridgehead atoms. The number of halogens is 1. The first kappa shape index (κ1) is 16.6. The highest BCUT2D eigenvalue weighted by atomic mass is 35.5. The van der Waals surface area contributed by atoms with Crippen molar-refractivity contribution in [2.24, 2.45) is 5.92 Å². The van der Waals surface area contributed by atoms with Gasteiger partial charge in [-0.3, -0.25) is 4.79 Å². The zero-order valence-electron chi connectivity index (χ0n) is 15.1. The van der Waals surface area contributed by atoms with Crippen molar-refractivity contribution in [3.63, 3.8) is 0 Å². The molecule has 0 spiro atoms. The number of amides is 1. The molecule has 2 aliphatic rings. The molecule has 3 heteroatoms. The number of nitrogens with zero attached hydrogens (tertiary/aromatic N) is 1. The summed E-state index contributed by atoms with van der Waals surface area (Å²) in [4.78, 5) is 14.8. The third kappa shape index (κ3) is 2.51. The summed E-state index contributed by atoms with van der Waals surface area (Å²) < 4.78 is 0. The van der Waals surface area contributed by atoms with Gasteiger partial charge in [0.25, 0.3) is 0 Å². The number of carbonyl (C=O) groups excluding carboxylic acids is 1. The summed E-state index contributed by atoms with van der Waals surface area (Å²) in [6.45, 7) is 1.67. The van der Waals surface area contributed by atoms with Crippen LogP contribution in [-0.2, 0) is 4.79 Å². The SMILES string of the molecule is CC(=O)N1c2ccc(Cl)cc2[C@H]2C=CC[C@@H]2[C@@H]1c1cccc2ccccc12. The lowest BCUT2D eigenvalue weighted by molar-refractivity contribution is -0.117. The first-order valence-corrected chi connectivity index (χ1v) is 9.76. The Hall–Kier alpha value is -2.58. The maximum Gasteiger partial charge on any atom is 0.224 e. The predicted molar refractivity (Wildman–Crippen MR) is 111 cm³/mol. The summed E-state index contributed by atoms with van der Waals surface area (Å²) in [6.07, 6.45) is 5.51. The second-order valence-electron chi connectivity index (χ2n) is 7.46. The van der Waals surface area contributed by atoms with Gasteiger partial charge in [-0.15, -0.1) is 0 Å². The van der Waals surface area contributed by atoms with Gasteiger partial charge in [0.05, 0.1) is 6.04 Å². The molecule has 3 aromatic rings. The standard InChI is InChI=1S/C24H20ClNO/c1-15(27)26-23-13-12-17(25)14-22(23)19-9-5-11-21(19)24(26)20-10-4-7-16-6-2-3-8-18(16)20/h2-10,12-14,19,21,24H,11H2,1H3/t19-,21-,24-/m0/s1. The minimum Gasteiger partial charge on any atom is -0.305 e. The van der Waals surface area contributed by atoms with Gasteiger partial charge in [-0.25, -0.2) is 0 Å². The van der Waals surface area contributed by atoms with Gasteiger partial charge in [-0.1, -0.05) is 66.2 Å². The van der Waals surface area contributed by atoms with E-state index in [-0.39, 0.29) is 11.9 Å². The molecule has 134 valence electrons. The fraction of sp³-hybridized carbons (Fsp3) is 0.208. The van der Waals surface area contributed by atoms with E-state index in [1.807, 2.05) is 23.1 Å². The van der Waals surface area contributed by atoms with Crippen molar-refractivity contribution in [3.05, 3.63) is 89.0 Å². The molecule has 0 N–H and O–H groups in total. The van der Waals surface area contributed by atoms with Crippen LogP contribution < -0.4 is 4.90 Å². The molecular weight excluding hydrogens is 354 g/mol. The number of benzene rings is 3. The van der Waals surface area contributed by atoms with E-state index < -0.39 is 0 Å². The van der Waals surface area contributed by atoms with Crippen molar-refractivity contribution in [2.45, 2.75) is 25.3 Å². The minimum atomic E-state index is 0.0160. The lowest BCUT2D eigenvalue weighted by Gasteiger charge is -2.44. The first-order valence-electron chi connectivity index (χ1n) is 9.39. The third-order valence-corrected chi connectivity index (χ3v) is 6.22. The maximum atomic E-state index is 12.8. The van der Waals surface area contributed by atoms with Crippen LogP contribution in [0, 0.1) is 5.92 Å². The third-order valence-electron chi connectivity index (χ3n) is 5.99. The van der Waals surface area contributed by atoms with Gasteiger partial charge in [-0.05, 0) is 52.4 Å². The second-order valence-corrected chi connectivity index (χ2v) is 7.90. The molecule has 0 saturated carbocycles. The molecule has 1 aliphatic heterocycles. The highest BCUT2D eigenvalue weighted by Gasteiger charge is 2.44. The average molecular weight is 374 g/mol. The van der Waals surface area contributed by atoms with E-state index in [0.717, 1.165) is 22.7 Å². The summed E-state index contributed by atoms with van der Waals surface area (Å²) in [5.41, 5.74) is 3.37. The van der Waals surface area contributed by atoms with E-state index in [1.54, 1.807) is 6.92 Å². The number of allylic oxidation sites excluding steroid dienone is 2. The Bertz CT molecular complexity index is 1080. The van der Waals surface area contributed by atoms with Crippen LogP contribution in [0.2, 0.25) is 5.02 Å². The van der Waals surface area contributed by atoms with Crippen molar-refractivity contribution < 1.29 is 4.79 Å². The van der Waals surface area contributed by atoms with Gasteiger partial charge in [0.1, 0.15) is 0 Å². The number of hydrogen-bond donors (Lipinski definition) is 0. The Morgan fingerprint density at radius 1 is 1.04 bits per heavy atom. The molecule has 1 heterocycles. The average Bonchev–Trinajstić information content (AvgIpc) is 3.16. The summed E-state index contributed by atoms with van der Waals surface area (Å²) in [6, 6.07) is 20.8. The molecule has 2 nitrogen and oxygen atoms in total. The van der Waals surface area contributed by atoms with Crippen LogP contribution in [0.1, 0.15) is 36.4 Å². The lowest BCUT2D eigenvalue weighted by atomic mass is 9.75. The zero-order chi connectivity index (χ0) is 18.5. The van der Waals surface area contributed by atoms with Crippen molar-refractivity contribution in [3.8, 4) is 0 Å². The van der Waals surface area contributed by atoms with E-state index in [9.17, 15) is 4.79 Å². The monoisotopic (exact) mass is 373 g/mol. The Kier molecular flexibility index (Phi) is 3.84. The van der Waals surface area contributed by atoms with Crippen LogP contribution in [-0.4, -0.2) is 5.91 Å². The lowest BCUT2D eigenvalue weighted by Crippen LogP contribution is -2.42. The Morgan fingerprint density at radius 2 is 1.85 bits per heavy atom. The second kappa shape index (κ2) is 6.24. The Morgan fingerprint density at radius 3 is 2.70 bits per heavy atom. The summed E-state index contributed by atoms with van der Waals surface area (Å²) in [5, 5.41) is 3.15. The molecule has 27 heavy (non-hydrogen) atoms. The highest BCUT2D eigenvalue weighted by Crippen LogP contribution is 2.54. The van der Waals surface area contributed by atoms with E-state index >= 15 is 0 Å².